The van der Waals surface area contributed by atoms with Gasteiger partial charge in [-0.3, -0.25) is 18.9 Å². The number of benzene rings is 4. The summed E-state index contributed by atoms with van der Waals surface area (Å²) in [5, 5.41) is 0.610. The number of fused-ring (bicyclic) bond motifs is 1. The van der Waals surface area contributed by atoms with Crippen LogP contribution in [-0.4, -0.2) is 18.8 Å². The fourth-order valence-electron chi connectivity index (χ4n) is 4.36. The van der Waals surface area contributed by atoms with Crippen molar-refractivity contribution < 1.29 is 13.2 Å². The number of hydrogen-bond donors (Lipinski definition) is 1. The lowest BCUT2D eigenvalue weighted by atomic mass is 9.86. The molecule has 5 rings (SSSR count). The van der Waals surface area contributed by atoms with Gasteiger partial charge in [0, 0.05) is 21.8 Å². The molecule has 1 heterocycles. The number of carbonyl (C=O) groups is 1. The summed E-state index contributed by atoms with van der Waals surface area (Å²) in [7, 11) is -3.98. The number of sulfonamides is 1. The molecule has 0 saturated carbocycles. The van der Waals surface area contributed by atoms with Crippen LogP contribution in [0.2, 0.25) is 5.02 Å². The summed E-state index contributed by atoms with van der Waals surface area (Å²) >= 11 is 6.95. The van der Waals surface area contributed by atoms with Crippen LogP contribution in [0, 0.1) is 0 Å². The van der Waals surface area contributed by atoms with Gasteiger partial charge < -0.3 is 0 Å². The van der Waals surface area contributed by atoms with Crippen LogP contribution in [0.1, 0.15) is 47.8 Å². The molecule has 0 saturated heterocycles. The van der Waals surface area contributed by atoms with E-state index in [4.69, 9.17) is 11.6 Å². The van der Waals surface area contributed by atoms with Gasteiger partial charge in [-0.2, -0.15) is 0 Å². The molecule has 1 aromatic heterocycles. The Morgan fingerprint density at radius 3 is 2.27 bits per heavy atom. The molecule has 6 nitrogen and oxygen atoms in total. The van der Waals surface area contributed by atoms with Gasteiger partial charge in [0.25, 0.3) is 10.0 Å². The van der Waals surface area contributed by atoms with E-state index in [0.717, 1.165) is 22.5 Å². The second-order valence-corrected chi connectivity index (χ2v) is 13.7. The fourth-order valence-corrected chi connectivity index (χ4v) is 6.57. The van der Waals surface area contributed by atoms with Gasteiger partial charge in [0.1, 0.15) is 0 Å². The average Bonchev–Trinajstić information content (AvgIpc) is 3.23. The highest BCUT2D eigenvalue weighted by Gasteiger charge is 2.19. The van der Waals surface area contributed by atoms with Gasteiger partial charge in [-0.05, 0) is 59.0 Å². The van der Waals surface area contributed by atoms with Crippen LogP contribution in [0.25, 0.3) is 10.2 Å². The Balaban J connectivity index is 1.38. The maximum Gasteiger partial charge on any atom is 0.308 e. The standard InChI is InChI=1S/C31H27ClN2O4S2/c1-31(2,3)23-11-9-21(10-12-23)29(35)22-5-4-6-25(17-22)33-40(37,38)26-15-16-27-28(18-26)39-30(36)34(27)19-20-7-13-24(32)14-8-20/h4-18,33H,19H2,1-3H3. The molecule has 40 heavy (non-hydrogen) atoms. The largest absolute Gasteiger partial charge is 0.308 e. The molecule has 5 aromatic rings. The molecule has 0 aliphatic rings. The summed E-state index contributed by atoms with van der Waals surface area (Å²) in [6, 6.07) is 25.7. The Morgan fingerprint density at radius 2 is 1.60 bits per heavy atom. The number of carbonyl (C=O) groups excluding carboxylic acids is 1. The molecule has 0 radical (unpaired) electrons. The number of anilines is 1. The quantitative estimate of drug-likeness (QED) is 0.205. The first-order chi connectivity index (χ1) is 18.9. The molecule has 4 aromatic carbocycles. The molecule has 0 fully saturated rings. The fraction of sp³-hybridized carbons (Fsp3) is 0.161. The number of thiazole rings is 1. The summed E-state index contributed by atoms with van der Waals surface area (Å²) in [6.45, 7) is 6.66. The van der Waals surface area contributed by atoms with Crippen LogP contribution < -0.4 is 9.60 Å². The number of aromatic nitrogens is 1. The SMILES string of the molecule is CC(C)(C)c1ccc(C(=O)c2cccc(NS(=O)(=O)c3ccc4c(c3)sc(=O)n4Cc3ccc(Cl)cc3)c2)cc1. The molecular weight excluding hydrogens is 564 g/mol. The number of rotatable bonds is 7. The molecule has 1 N–H and O–H groups in total. The maximum atomic E-state index is 13.3. The van der Waals surface area contributed by atoms with E-state index in [0.29, 0.717) is 32.9 Å². The van der Waals surface area contributed by atoms with Crippen molar-refractivity contribution in [1.82, 2.24) is 4.57 Å². The van der Waals surface area contributed by atoms with Crippen LogP contribution in [0.3, 0.4) is 0 Å². The zero-order valence-corrected chi connectivity index (χ0v) is 24.5. The van der Waals surface area contributed by atoms with E-state index in [2.05, 4.69) is 25.5 Å². The number of ketones is 1. The van der Waals surface area contributed by atoms with E-state index in [1.165, 1.54) is 18.2 Å². The van der Waals surface area contributed by atoms with Gasteiger partial charge in [-0.25, -0.2) is 8.42 Å². The van der Waals surface area contributed by atoms with Crippen LogP contribution >= 0.6 is 22.9 Å². The van der Waals surface area contributed by atoms with Crippen LogP contribution in [0.15, 0.2) is 101 Å². The smallest absolute Gasteiger partial charge is 0.294 e. The lowest BCUT2D eigenvalue weighted by Crippen LogP contribution is -2.14. The van der Waals surface area contributed by atoms with E-state index in [1.54, 1.807) is 53.1 Å². The van der Waals surface area contributed by atoms with Crippen molar-refractivity contribution >= 4 is 54.6 Å². The molecule has 0 atom stereocenters. The van der Waals surface area contributed by atoms with Gasteiger partial charge in [0.15, 0.2) is 5.78 Å². The Bertz CT molecular complexity index is 1880. The minimum absolute atomic E-state index is 0.0226. The van der Waals surface area contributed by atoms with Gasteiger partial charge in [0.2, 0.25) is 0 Å². The van der Waals surface area contributed by atoms with Crippen molar-refractivity contribution in [2.24, 2.45) is 0 Å². The van der Waals surface area contributed by atoms with Crippen molar-refractivity contribution in [3.63, 3.8) is 0 Å². The topological polar surface area (TPSA) is 85.2 Å². The lowest BCUT2D eigenvalue weighted by Gasteiger charge is -2.19. The molecule has 9 heteroatoms. The highest BCUT2D eigenvalue weighted by molar-refractivity contribution is 7.92. The monoisotopic (exact) mass is 590 g/mol. The lowest BCUT2D eigenvalue weighted by molar-refractivity contribution is 0.103. The van der Waals surface area contributed by atoms with Gasteiger partial charge in [0.05, 0.1) is 21.7 Å². The zero-order chi connectivity index (χ0) is 28.7. The first kappa shape index (κ1) is 27.8. The third-order valence-corrected chi connectivity index (χ3v) is 9.17. The molecule has 204 valence electrons. The molecule has 0 spiro atoms. The number of hydrogen-bond acceptors (Lipinski definition) is 5. The van der Waals surface area contributed by atoms with Crippen molar-refractivity contribution in [3.8, 4) is 0 Å². The normalized spacial score (nSPS) is 12.0. The van der Waals surface area contributed by atoms with Crippen molar-refractivity contribution in [2.75, 3.05) is 4.72 Å². The minimum atomic E-state index is -3.98. The Morgan fingerprint density at radius 1 is 0.900 bits per heavy atom. The highest BCUT2D eigenvalue weighted by Crippen LogP contribution is 2.26. The molecule has 0 aliphatic heterocycles. The first-order valence-corrected chi connectivity index (χ1v) is 15.2. The molecule has 0 aliphatic carbocycles. The van der Waals surface area contributed by atoms with E-state index >= 15 is 0 Å². The number of nitrogens with zero attached hydrogens (tertiary/aromatic N) is 1. The third-order valence-electron chi connectivity index (χ3n) is 6.59. The van der Waals surface area contributed by atoms with Crippen molar-refractivity contribution in [2.45, 2.75) is 37.6 Å². The summed E-state index contributed by atoms with van der Waals surface area (Å²) < 4.78 is 31.2. The predicted octanol–water partition coefficient (Wildman–Crippen LogP) is 7.09. The molecule has 0 bridgehead atoms. The second kappa shape index (κ2) is 10.7. The third kappa shape index (κ3) is 5.89. The molecule has 0 unspecified atom stereocenters. The van der Waals surface area contributed by atoms with E-state index in [9.17, 15) is 18.0 Å². The predicted molar refractivity (Wildman–Crippen MR) is 162 cm³/mol. The van der Waals surface area contributed by atoms with Gasteiger partial charge >= 0.3 is 4.87 Å². The summed E-state index contributed by atoms with van der Waals surface area (Å²) in [5.41, 5.74) is 3.81. The summed E-state index contributed by atoms with van der Waals surface area (Å²) in [5.74, 6) is -0.199. The van der Waals surface area contributed by atoms with Gasteiger partial charge in [-0.15, -0.1) is 0 Å². The van der Waals surface area contributed by atoms with E-state index in [-0.39, 0.29) is 26.7 Å². The van der Waals surface area contributed by atoms with Crippen molar-refractivity contribution in [1.29, 1.82) is 0 Å². The van der Waals surface area contributed by atoms with Crippen LogP contribution in [-0.2, 0) is 22.0 Å². The molecule has 0 amide bonds. The van der Waals surface area contributed by atoms with Crippen LogP contribution in [0.5, 0.6) is 0 Å². The highest BCUT2D eigenvalue weighted by atomic mass is 35.5. The molecular formula is C31H27ClN2O4S2. The first-order valence-electron chi connectivity index (χ1n) is 12.6. The Kier molecular flexibility index (Phi) is 7.44. The van der Waals surface area contributed by atoms with Crippen LogP contribution in [0.4, 0.5) is 5.69 Å². The second-order valence-electron chi connectivity index (χ2n) is 10.6. The number of nitrogens with one attached hydrogen (secondary N) is 1. The maximum absolute atomic E-state index is 13.3. The summed E-state index contributed by atoms with van der Waals surface area (Å²) in [4.78, 5) is 25.7. The van der Waals surface area contributed by atoms with Gasteiger partial charge in [-0.1, -0.05) is 92.2 Å². The average molecular weight is 591 g/mol. The minimum Gasteiger partial charge on any atom is -0.294 e. The Labute approximate surface area is 241 Å². The zero-order valence-electron chi connectivity index (χ0n) is 22.1. The van der Waals surface area contributed by atoms with E-state index in [1.807, 2.05) is 24.3 Å². The summed E-state index contributed by atoms with van der Waals surface area (Å²) in [6.07, 6.45) is 0. The van der Waals surface area contributed by atoms with Crippen molar-refractivity contribution in [3.05, 3.63) is 128 Å². The van der Waals surface area contributed by atoms with E-state index < -0.39 is 10.0 Å². The number of halogens is 1. The Hall–Kier alpha value is -3.72.